The molecular formula is C14H22O. The summed E-state index contributed by atoms with van der Waals surface area (Å²) in [5, 5.41) is 0. The molecule has 0 aromatic carbocycles. The van der Waals surface area contributed by atoms with Gasteiger partial charge < -0.3 is 0 Å². The van der Waals surface area contributed by atoms with E-state index in [1.165, 1.54) is 30.4 Å². The molecule has 1 aliphatic rings. The topological polar surface area (TPSA) is 17.1 Å². The first kappa shape index (κ1) is 12.2. The van der Waals surface area contributed by atoms with Crippen LogP contribution in [0.15, 0.2) is 22.8 Å². The zero-order valence-corrected chi connectivity index (χ0v) is 10.6. The lowest BCUT2D eigenvalue weighted by molar-refractivity contribution is -0.112. The minimum Gasteiger partial charge on any atom is -0.295 e. The van der Waals surface area contributed by atoms with Gasteiger partial charge in [-0.25, -0.2) is 0 Å². The van der Waals surface area contributed by atoms with Gasteiger partial charge in [0.1, 0.15) is 0 Å². The molecule has 1 aliphatic carbocycles. The lowest BCUT2D eigenvalue weighted by Gasteiger charge is -2.35. The summed E-state index contributed by atoms with van der Waals surface area (Å²) in [5.74, 6) is 0.147. The molecule has 84 valence electrons. The molecule has 0 radical (unpaired) electrons. The molecule has 0 unspecified atom stereocenters. The summed E-state index contributed by atoms with van der Waals surface area (Å²) < 4.78 is 0. The Morgan fingerprint density at radius 3 is 2.40 bits per heavy atom. The van der Waals surface area contributed by atoms with Gasteiger partial charge in [-0.1, -0.05) is 19.4 Å². The van der Waals surface area contributed by atoms with E-state index in [0.29, 0.717) is 0 Å². The Bertz CT molecular complexity index is 329. The van der Waals surface area contributed by atoms with Gasteiger partial charge in [0, 0.05) is 0 Å². The molecule has 15 heavy (non-hydrogen) atoms. The number of hydrogen-bond donors (Lipinski definition) is 0. The van der Waals surface area contributed by atoms with Gasteiger partial charge in [-0.2, -0.15) is 0 Å². The van der Waals surface area contributed by atoms with E-state index >= 15 is 0 Å². The van der Waals surface area contributed by atoms with Gasteiger partial charge in [-0.3, -0.25) is 4.79 Å². The standard InChI is InChI=1S/C14H22O/c1-10-7-6-8-14(4,5)13(10)11(2)9-12(3)15/h9H,6-8H2,1-5H3. The van der Waals surface area contributed by atoms with Crippen molar-refractivity contribution >= 4 is 5.78 Å². The maximum atomic E-state index is 11.1. The Kier molecular flexibility index (Phi) is 3.54. The molecule has 0 saturated heterocycles. The van der Waals surface area contributed by atoms with Crippen LogP contribution in [0.25, 0.3) is 0 Å². The van der Waals surface area contributed by atoms with Crippen molar-refractivity contribution in [3.05, 3.63) is 22.8 Å². The average molecular weight is 206 g/mol. The fourth-order valence-corrected chi connectivity index (χ4v) is 2.87. The van der Waals surface area contributed by atoms with E-state index < -0.39 is 0 Å². The highest BCUT2D eigenvalue weighted by Gasteiger charge is 2.29. The van der Waals surface area contributed by atoms with Crippen LogP contribution in [0.2, 0.25) is 0 Å². The zero-order chi connectivity index (χ0) is 11.6. The number of rotatable bonds is 2. The molecule has 0 atom stereocenters. The van der Waals surface area contributed by atoms with Crippen molar-refractivity contribution in [1.82, 2.24) is 0 Å². The summed E-state index contributed by atoms with van der Waals surface area (Å²) in [6, 6.07) is 0. The van der Waals surface area contributed by atoms with Gasteiger partial charge in [0.25, 0.3) is 0 Å². The second-order valence-corrected chi connectivity index (χ2v) is 5.33. The molecule has 0 saturated carbocycles. The first-order valence-electron chi connectivity index (χ1n) is 5.74. The van der Waals surface area contributed by atoms with E-state index in [9.17, 15) is 4.79 Å². The molecule has 0 heterocycles. The molecule has 0 bridgehead atoms. The van der Waals surface area contributed by atoms with E-state index in [-0.39, 0.29) is 11.2 Å². The van der Waals surface area contributed by atoms with Gasteiger partial charge in [-0.15, -0.1) is 0 Å². The second-order valence-electron chi connectivity index (χ2n) is 5.33. The predicted molar refractivity (Wildman–Crippen MR) is 64.8 cm³/mol. The van der Waals surface area contributed by atoms with Gasteiger partial charge in [0.15, 0.2) is 5.78 Å². The highest BCUT2D eigenvalue weighted by atomic mass is 16.1. The lowest BCUT2D eigenvalue weighted by Crippen LogP contribution is -2.21. The predicted octanol–water partition coefficient (Wildman–Crippen LogP) is 4.05. The van der Waals surface area contributed by atoms with Crippen molar-refractivity contribution in [2.45, 2.75) is 53.9 Å². The van der Waals surface area contributed by atoms with Crippen molar-refractivity contribution < 1.29 is 4.79 Å². The summed E-state index contributed by atoms with van der Waals surface area (Å²) in [6.07, 6.45) is 5.45. The first-order chi connectivity index (χ1) is 6.84. The number of ketones is 1. The first-order valence-corrected chi connectivity index (χ1v) is 5.74. The summed E-state index contributed by atoms with van der Waals surface area (Å²) in [7, 11) is 0. The summed E-state index contributed by atoms with van der Waals surface area (Å²) in [5.41, 5.74) is 4.26. The summed E-state index contributed by atoms with van der Waals surface area (Å²) in [4.78, 5) is 11.1. The Hall–Kier alpha value is -0.850. The molecular weight excluding hydrogens is 184 g/mol. The summed E-state index contributed by atoms with van der Waals surface area (Å²) >= 11 is 0. The molecule has 0 N–H and O–H groups in total. The largest absolute Gasteiger partial charge is 0.295 e. The average Bonchev–Trinajstić information content (AvgIpc) is 1.99. The maximum absolute atomic E-state index is 11.1. The number of carbonyl (C=O) groups is 1. The smallest absolute Gasteiger partial charge is 0.152 e. The molecule has 0 spiro atoms. The molecule has 0 aromatic heterocycles. The van der Waals surface area contributed by atoms with Crippen molar-refractivity contribution in [3.8, 4) is 0 Å². The number of carbonyl (C=O) groups excluding carboxylic acids is 1. The fraction of sp³-hybridized carbons (Fsp3) is 0.643. The van der Waals surface area contributed by atoms with E-state index in [4.69, 9.17) is 0 Å². The van der Waals surface area contributed by atoms with Crippen LogP contribution in [0.3, 0.4) is 0 Å². The van der Waals surface area contributed by atoms with Crippen molar-refractivity contribution in [2.24, 2.45) is 5.41 Å². The number of allylic oxidation sites excluding steroid dienone is 4. The highest BCUT2D eigenvalue weighted by Crippen LogP contribution is 2.43. The minimum atomic E-state index is 0.147. The van der Waals surface area contributed by atoms with Crippen LogP contribution in [0, 0.1) is 5.41 Å². The summed E-state index contributed by atoms with van der Waals surface area (Å²) in [6.45, 7) is 10.4. The van der Waals surface area contributed by atoms with Gasteiger partial charge in [-0.05, 0) is 62.7 Å². The molecule has 0 aliphatic heterocycles. The normalized spacial score (nSPS) is 21.8. The van der Waals surface area contributed by atoms with Crippen molar-refractivity contribution in [2.75, 3.05) is 0 Å². The fourth-order valence-electron chi connectivity index (χ4n) is 2.87. The van der Waals surface area contributed by atoms with Gasteiger partial charge in [0.05, 0.1) is 0 Å². The van der Waals surface area contributed by atoms with Crippen LogP contribution < -0.4 is 0 Å². The minimum absolute atomic E-state index is 0.147. The Morgan fingerprint density at radius 2 is 1.93 bits per heavy atom. The van der Waals surface area contributed by atoms with Crippen LogP contribution in [-0.2, 0) is 4.79 Å². The van der Waals surface area contributed by atoms with E-state index in [0.717, 1.165) is 5.57 Å². The second kappa shape index (κ2) is 4.34. The van der Waals surface area contributed by atoms with Crippen molar-refractivity contribution in [3.63, 3.8) is 0 Å². The van der Waals surface area contributed by atoms with Crippen LogP contribution in [-0.4, -0.2) is 5.78 Å². The Balaban J connectivity index is 3.14. The Labute approximate surface area is 93.3 Å². The third-order valence-electron chi connectivity index (χ3n) is 3.27. The van der Waals surface area contributed by atoms with Gasteiger partial charge in [0.2, 0.25) is 0 Å². The molecule has 1 heteroatoms. The SMILES string of the molecule is CC(=O)C=C(C)C1=C(C)CCCC1(C)C. The van der Waals surface area contributed by atoms with Crippen LogP contribution in [0.4, 0.5) is 0 Å². The van der Waals surface area contributed by atoms with Crippen LogP contribution >= 0.6 is 0 Å². The maximum Gasteiger partial charge on any atom is 0.152 e. The van der Waals surface area contributed by atoms with Gasteiger partial charge >= 0.3 is 0 Å². The zero-order valence-electron chi connectivity index (χ0n) is 10.6. The van der Waals surface area contributed by atoms with Crippen LogP contribution in [0.5, 0.6) is 0 Å². The van der Waals surface area contributed by atoms with E-state index in [1.807, 2.05) is 0 Å². The molecule has 1 nitrogen and oxygen atoms in total. The monoisotopic (exact) mass is 206 g/mol. The third-order valence-corrected chi connectivity index (χ3v) is 3.27. The highest BCUT2D eigenvalue weighted by molar-refractivity contribution is 5.88. The lowest BCUT2D eigenvalue weighted by atomic mass is 9.70. The van der Waals surface area contributed by atoms with Crippen molar-refractivity contribution in [1.29, 1.82) is 0 Å². The number of hydrogen-bond acceptors (Lipinski definition) is 1. The third kappa shape index (κ3) is 2.80. The molecule has 0 aromatic rings. The molecule has 1 rings (SSSR count). The van der Waals surface area contributed by atoms with E-state index in [1.54, 1.807) is 13.0 Å². The van der Waals surface area contributed by atoms with E-state index in [2.05, 4.69) is 27.7 Å². The molecule has 0 fully saturated rings. The van der Waals surface area contributed by atoms with Crippen LogP contribution in [0.1, 0.15) is 53.9 Å². The quantitative estimate of drug-likeness (QED) is 0.623. The Morgan fingerprint density at radius 1 is 1.33 bits per heavy atom. The molecule has 0 amide bonds.